The molecule has 0 rings (SSSR count). The zero-order chi connectivity index (χ0) is 18.0. The van der Waals surface area contributed by atoms with Crippen LogP contribution in [-0.4, -0.2) is 22.4 Å². The van der Waals surface area contributed by atoms with E-state index in [2.05, 4.69) is 6.92 Å². The molecule has 2 atom stereocenters. The van der Waals surface area contributed by atoms with E-state index in [0.717, 1.165) is 31.6 Å². The molecule has 0 aromatic carbocycles. The lowest BCUT2D eigenvalue weighted by Gasteiger charge is -2.18. The first kappa shape index (κ1) is 23.9. The lowest BCUT2D eigenvalue weighted by atomic mass is 9.89. The Bertz CT molecular complexity index is 224. The fraction of sp³-hybridized carbons (Fsp3) is 1.00. The fourth-order valence-corrected chi connectivity index (χ4v) is 3.58. The van der Waals surface area contributed by atoms with Gasteiger partial charge in [-0.2, -0.15) is 0 Å². The van der Waals surface area contributed by atoms with E-state index in [1.54, 1.807) is 0 Å². The number of hydrogen-bond donors (Lipinski definition) is 2. The summed E-state index contributed by atoms with van der Waals surface area (Å²) in [5, 5.41) is 18.9. The van der Waals surface area contributed by atoms with Gasteiger partial charge in [0.2, 0.25) is 0 Å². The van der Waals surface area contributed by atoms with Crippen LogP contribution in [0.2, 0.25) is 0 Å². The molecule has 24 heavy (non-hydrogen) atoms. The third kappa shape index (κ3) is 18.3. The van der Waals surface area contributed by atoms with Crippen LogP contribution < -0.4 is 0 Å². The Morgan fingerprint density at radius 1 is 0.500 bits per heavy atom. The predicted molar refractivity (Wildman–Crippen MR) is 106 cm³/mol. The van der Waals surface area contributed by atoms with Gasteiger partial charge in [0.15, 0.2) is 0 Å². The van der Waals surface area contributed by atoms with Crippen molar-refractivity contribution >= 4 is 0 Å². The zero-order valence-electron chi connectivity index (χ0n) is 16.9. The van der Waals surface area contributed by atoms with Crippen molar-refractivity contribution in [1.82, 2.24) is 0 Å². The molecule has 0 aliphatic carbocycles. The van der Waals surface area contributed by atoms with E-state index in [-0.39, 0.29) is 12.2 Å². The summed E-state index contributed by atoms with van der Waals surface area (Å²) in [6, 6.07) is 0. The van der Waals surface area contributed by atoms with Crippen molar-refractivity contribution in [1.29, 1.82) is 0 Å². The topological polar surface area (TPSA) is 40.5 Å². The standard InChI is InChI=1S/C22H46O2/c1-4-5-6-7-8-9-10-11-12-17-22(18-13-15-20(2)23)19-14-16-21(3)24/h20-24H,4-19H2,1-3H3. The van der Waals surface area contributed by atoms with E-state index in [9.17, 15) is 10.2 Å². The van der Waals surface area contributed by atoms with Crippen LogP contribution in [-0.2, 0) is 0 Å². The molecule has 2 unspecified atom stereocenters. The second kappa shape index (κ2) is 17.7. The van der Waals surface area contributed by atoms with Crippen LogP contribution in [0.4, 0.5) is 0 Å². The van der Waals surface area contributed by atoms with Gasteiger partial charge in [0.05, 0.1) is 12.2 Å². The Morgan fingerprint density at radius 3 is 1.29 bits per heavy atom. The van der Waals surface area contributed by atoms with Crippen molar-refractivity contribution in [3.63, 3.8) is 0 Å². The first-order chi connectivity index (χ1) is 11.6. The summed E-state index contributed by atoms with van der Waals surface area (Å²) in [4.78, 5) is 0. The summed E-state index contributed by atoms with van der Waals surface area (Å²) < 4.78 is 0. The van der Waals surface area contributed by atoms with E-state index in [1.165, 1.54) is 77.0 Å². The molecule has 0 aromatic rings. The van der Waals surface area contributed by atoms with Crippen molar-refractivity contribution in [2.75, 3.05) is 0 Å². The highest BCUT2D eigenvalue weighted by Gasteiger charge is 2.10. The van der Waals surface area contributed by atoms with E-state index >= 15 is 0 Å². The molecular formula is C22H46O2. The van der Waals surface area contributed by atoms with Gasteiger partial charge in [-0.15, -0.1) is 0 Å². The van der Waals surface area contributed by atoms with Crippen molar-refractivity contribution in [3.8, 4) is 0 Å². The highest BCUT2D eigenvalue weighted by molar-refractivity contribution is 4.63. The van der Waals surface area contributed by atoms with Gasteiger partial charge in [0, 0.05) is 0 Å². The average molecular weight is 343 g/mol. The highest BCUT2D eigenvalue weighted by atomic mass is 16.3. The van der Waals surface area contributed by atoms with Crippen molar-refractivity contribution < 1.29 is 10.2 Å². The van der Waals surface area contributed by atoms with Crippen molar-refractivity contribution in [2.24, 2.45) is 5.92 Å². The largest absolute Gasteiger partial charge is 0.393 e. The molecule has 2 heteroatoms. The maximum absolute atomic E-state index is 9.43. The molecule has 0 amide bonds. The molecule has 0 aromatic heterocycles. The molecule has 0 spiro atoms. The van der Waals surface area contributed by atoms with Gasteiger partial charge in [-0.3, -0.25) is 0 Å². The van der Waals surface area contributed by atoms with Gasteiger partial charge < -0.3 is 10.2 Å². The monoisotopic (exact) mass is 342 g/mol. The molecule has 0 saturated carbocycles. The minimum absolute atomic E-state index is 0.157. The Kier molecular flexibility index (Phi) is 17.7. The Morgan fingerprint density at radius 2 is 0.875 bits per heavy atom. The normalized spacial score (nSPS) is 15.4. The predicted octanol–water partition coefficient (Wildman–Crippen LogP) is 6.63. The second-order valence-corrected chi connectivity index (χ2v) is 8.04. The molecule has 0 saturated heterocycles. The second-order valence-electron chi connectivity index (χ2n) is 8.04. The molecular weight excluding hydrogens is 296 g/mol. The van der Waals surface area contributed by atoms with Gasteiger partial charge in [-0.1, -0.05) is 96.8 Å². The van der Waals surface area contributed by atoms with Gasteiger partial charge in [0.25, 0.3) is 0 Å². The maximum Gasteiger partial charge on any atom is 0.0512 e. The lowest BCUT2D eigenvalue weighted by molar-refractivity contribution is 0.171. The highest BCUT2D eigenvalue weighted by Crippen LogP contribution is 2.24. The minimum Gasteiger partial charge on any atom is -0.393 e. The molecule has 2 nitrogen and oxygen atoms in total. The van der Waals surface area contributed by atoms with E-state index in [4.69, 9.17) is 0 Å². The van der Waals surface area contributed by atoms with Crippen LogP contribution in [0.15, 0.2) is 0 Å². The number of hydrogen-bond acceptors (Lipinski definition) is 2. The SMILES string of the molecule is CCCCCCCCCCCC(CCCC(C)O)CCCC(C)O. The van der Waals surface area contributed by atoms with Crippen LogP contribution in [0.25, 0.3) is 0 Å². The molecule has 0 fully saturated rings. The van der Waals surface area contributed by atoms with E-state index in [0.29, 0.717) is 0 Å². The third-order valence-corrected chi connectivity index (χ3v) is 5.18. The fourth-order valence-electron chi connectivity index (χ4n) is 3.58. The molecule has 146 valence electrons. The third-order valence-electron chi connectivity index (χ3n) is 5.18. The molecule has 2 N–H and O–H groups in total. The number of rotatable bonds is 18. The van der Waals surface area contributed by atoms with Crippen LogP contribution >= 0.6 is 0 Å². The first-order valence-corrected chi connectivity index (χ1v) is 10.9. The Balaban J connectivity index is 3.69. The van der Waals surface area contributed by atoms with Crippen LogP contribution in [0.3, 0.4) is 0 Å². The van der Waals surface area contributed by atoms with Crippen LogP contribution in [0.5, 0.6) is 0 Å². The molecule has 0 bridgehead atoms. The van der Waals surface area contributed by atoms with Gasteiger partial charge >= 0.3 is 0 Å². The average Bonchev–Trinajstić information content (AvgIpc) is 2.52. The Labute approximate surface area is 152 Å². The van der Waals surface area contributed by atoms with Crippen LogP contribution in [0.1, 0.15) is 124 Å². The van der Waals surface area contributed by atoms with Gasteiger partial charge in [-0.25, -0.2) is 0 Å². The molecule has 0 radical (unpaired) electrons. The van der Waals surface area contributed by atoms with Crippen molar-refractivity contribution in [3.05, 3.63) is 0 Å². The summed E-state index contributed by atoms with van der Waals surface area (Å²) in [5.41, 5.74) is 0. The minimum atomic E-state index is -0.157. The van der Waals surface area contributed by atoms with Gasteiger partial charge in [-0.05, 0) is 32.6 Å². The summed E-state index contributed by atoms with van der Waals surface area (Å²) in [7, 11) is 0. The summed E-state index contributed by atoms with van der Waals surface area (Å²) >= 11 is 0. The van der Waals surface area contributed by atoms with Crippen molar-refractivity contribution in [2.45, 2.75) is 136 Å². The number of unbranched alkanes of at least 4 members (excludes halogenated alkanes) is 8. The first-order valence-electron chi connectivity index (χ1n) is 10.9. The summed E-state index contributed by atoms with van der Waals surface area (Å²) in [6.45, 7) is 6.06. The number of aliphatic hydroxyl groups excluding tert-OH is 2. The van der Waals surface area contributed by atoms with Gasteiger partial charge in [0.1, 0.15) is 0 Å². The molecule has 0 heterocycles. The maximum atomic E-state index is 9.43. The van der Waals surface area contributed by atoms with Crippen LogP contribution in [0, 0.1) is 5.92 Å². The van der Waals surface area contributed by atoms with E-state index in [1.807, 2.05) is 13.8 Å². The van der Waals surface area contributed by atoms with E-state index < -0.39 is 0 Å². The Hall–Kier alpha value is -0.0800. The molecule has 0 aliphatic rings. The lowest BCUT2D eigenvalue weighted by Crippen LogP contribution is -2.06. The molecule has 0 aliphatic heterocycles. The summed E-state index contributed by atoms with van der Waals surface area (Å²) in [6.07, 6.45) is 20.3. The summed E-state index contributed by atoms with van der Waals surface area (Å²) in [5.74, 6) is 0.798. The smallest absolute Gasteiger partial charge is 0.0512 e. The quantitative estimate of drug-likeness (QED) is 0.275. The zero-order valence-corrected chi connectivity index (χ0v) is 16.9. The number of aliphatic hydroxyl groups is 2.